The van der Waals surface area contributed by atoms with Crippen LogP contribution in [0.25, 0.3) is 0 Å². The maximum atomic E-state index is 11.8. The molecule has 0 aromatic heterocycles. The van der Waals surface area contributed by atoms with Crippen LogP contribution >= 0.6 is 0 Å². The largest absolute Gasteiger partial charge is 0.381 e. The van der Waals surface area contributed by atoms with E-state index in [4.69, 9.17) is 4.74 Å². The Labute approximate surface area is 175 Å². The highest BCUT2D eigenvalue weighted by Gasteiger charge is 2.25. The van der Waals surface area contributed by atoms with Gasteiger partial charge in [-0.15, -0.1) is 0 Å². The summed E-state index contributed by atoms with van der Waals surface area (Å²) in [6, 6.07) is 0. The smallest absolute Gasteiger partial charge is 0.222 e. The molecule has 0 bridgehead atoms. The molecule has 0 saturated carbocycles. The van der Waals surface area contributed by atoms with Crippen LogP contribution in [0, 0.1) is 0 Å². The van der Waals surface area contributed by atoms with Crippen molar-refractivity contribution in [1.29, 1.82) is 0 Å². The van der Waals surface area contributed by atoms with Crippen LogP contribution in [0.15, 0.2) is 0 Å². The third kappa shape index (κ3) is 12.1. The number of hydrogen-bond donors (Lipinski definition) is 0. The lowest BCUT2D eigenvalue weighted by Crippen LogP contribution is -2.49. The third-order valence-electron chi connectivity index (χ3n) is 6.47. The summed E-state index contributed by atoms with van der Waals surface area (Å²) in [6.45, 7) is 11.6. The molecule has 4 heteroatoms. The minimum atomic E-state index is 0.350. The lowest BCUT2D eigenvalue weighted by Gasteiger charge is -2.35. The summed E-state index contributed by atoms with van der Waals surface area (Å²) in [4.78, 5) is 13.8. The molecule has 1 unspecified atom stereocenters. The van der Waals surface area contributed by atoms with Gasteiger partial charge in [0.15, 0.2) is 0 Å². The average molecular weight is 398 g/mol. The highest BCUT2D eigenvalue weighted by Crippen LogP contribution is 2.12. The summed E-state index contributed by atoms with van der Waals surface area (Å²) in [5, 5.41) is 0. The lowest BCUT2D eigenvalue weighted by atomic mass is 10.1. The van der Waals surface area contributed by atoms with Crippen LogP contribution in [0.5, 0.6) is 0 Å². The van der Waals surface area contributed by atoms with Crippen molar-refractivity contribution in [1.82, 2.24) is 4.90 Å². The fourth-order valence-corrected chi connectivity index (χ4v) is 4.07. The van der Waals surface area contributed by atoms with Crippen LogP contribution in [0.4, 0.5) is 0 Å². The molecule has 0 aliphatic carbocycles. The number of carbonyl (C=O) groups excluding carboxylic acids is 1. The Balaban J connectivity index is 1.91. The molecular weight excluding hydrogens is 348 g/mol. The average Bonchev–Trinajstić information content (AvgIpc) is 3.11. The van der Waals surface area contributed by atoms with Crippen molar-refractivity contribution in [3.8, 4) is 0 Å². The van der Waals surface area contributed by atoms with Gasteiger partial charge < -0.3 is 14.1 Å². The van der Waals surface area contributed by atoms with Crippen molar-refractivity contribution in [2.75, 3.05) is 53.0 Å². The van der Waals surface area contributed by atoms with Gasteiger partial charge >= 0.3 is 0 Å². The van der Waals surface area contributed by atoms with Crippen LogP contribution in [-0.2, 0) is 9.53 Å². The molecule has 1 fully saturated rings. The van der Waals surface area contributed by atoms with Gasteiger partial charge in [-0.3, -0.25) is 4.79 Å². The number of amides is 1. The van der Waals surface area contributed by atoms with E-state index in [-0.39, 0.29) is 0 Å². The first kappa shape index (κ1) is 25.4. The van der Waals surface area contributed by atoms with Crippen LogP contribution in [0.3, 0.4) is 0 Å². The first-order valence-electron chi connectivity index (χ1n) is 12.3. The minimum Gasteiger partial charge on any atom is -0.381 e. The summed E-state index contributed by atoms with van der Waals surface area (Å²) < 4.78 is 6.91. The third-order valence-corrected chi connectivity index (χ3v) is 6.47. The first-order chi connectivity index (χ1) is 13.6. The van der Waals surface area contributed by atoms with Crippen molar-refractivity contribution < 1.29 is 14.0 Å². The summed E-state index contributed by atoms with van der Waals surface area (Å²) >= 11 is 0. The topological polar surface area (TPSA) is 29.5 Å². The van der Waals surface area contributed by atoms with Crippen molar-refractivity contribution in [3.63, 3.8) is 0 Å². The molecule has 1 rings (SSSR count). The minimum absolute atomic E-state index is 0.350. The van der Waals surface area contributed by atoms with E-state index < -0.39 is 0 Å². The molecule has 1 aliphatic rings. The number of hydrogen-bond acceptors (Lipinski definition) is 2. The van der Waals surface area contributed by atoms with E-state index in [2.05, 4.69) is 20.9 Å². The van der Waals surface area contributed by atoms with Crippen molar-refractivity contribution in [3.05, 3.63) is 0 Å². The van der Waals surface area contributed by atoms with Gasteiger partial charge in [-0.2, -0.15) is 0 Å². The van der Waals surface area contributed by atoms with Gasteiger partial charge in [-0.05, 0) is 19.8 Å². The van der Waals surface area contributed by atoms with Crippen molar-refractivity contribution in [2.45, 2.75) is 97.3 Å². The standard InChI is InChI=1S/C24H49N2O2/c1-4-6-7-8-9-10-11-12-13-14-22-28-23-16-20-26(3,5-2)21-19-25-18-15-17-24(25)27/h4-23H2,1-3H3/q+1. The number of likely N-dealkylation sites (tertiary alicyclic amines) is 1. The molecular formula is C24H49N2O2+. The van der Waals surface area contributed by atoms with Gasteiger partial charge in [0.25, 0.3) is 0 Å². The Morgan fingerprint density at radius 1 is 0.857 bits per heavy atom. The molecule has 0 aromatic carbocycles. The molecule has 1 aliphatic heterocycles. The molecule has 28 heavy (non-hydrogen) atoms. The molecule has 0 radical (unpaired) electrons. The van der Waals surface area contributed by atoms with Crippen molar-refractivity contribution in [2.24, 2.45) is 0 Å². The second-order valence-electron chi connectivity index (χ2n) is 9.02. The van der Waals surface area contributed by atoms with Crippen LogP contribution < -0.4 is 0 Å². The maximum absolute atomic E-state index is 11.8. The zero-order valence-electron chi connectivity index (χ0n) is 19.4. The van der Waals surface area contributed by atoms with Crippen molar-refractivity contribution >= 4 is 5.91 Å². The first-order valence-corrected chi connectivity index (χ1v) is 12.3. The van der Waals surface area contributed by atoms with E-state index in [0.717, 1.165) is 69.7 Å². The second kappa shape index (κ2) is 16.2. The zero-order chi connectivity index (χ0) is 20.5. The SMILES string of the molecule is CCCCCCCCCCCCOCCC[N+](C)(CC)CCN1CCCC1=O. The number of unbranched alkanes of at least 4 members (excludes halogenated alkanes) is 9. The summed E-state index contributed by atoms with van der Waals surface area (Å²) in [6.07, 6.45) is 16.7. The molecule has 1 atom stereocenters. The molecule has 4 nitrogen and oxygen atoms in total. The van der Waals surface area contributed by atoms with E-state index in [1.807, 2.05) is 4.90 Å². The van der Waals surface area contributed by atoms with E-state index in [1.165, 1.54) is 64.2 Å². The van der Waals surface area contributed by atoms with Gasteiger partial charge in [-0.25, -0.2) is 0 Å². The molecule has 0 N–H and O–H groups in total. The van der Waals surface area contributed by atoms with E-state index in [9.17, 15) is 4.79 Å². The Kier molecular flexibility index (Phi) is 14.7. The molecule has 1 saturated heterocycles. The maximum Gasteiger partial charge on any atom is 0.222 e. The molecule has 166 valence electrons. The fourth-order valence-electron chi connectivity index (χ4n) is 4.07. The van der Waals surface area contributed by atoms with E-state index in [0.29, 0.717) is 5.91 Å². The normalized spacial score (nSPS) is 16.7. The predicted octanol–water partition coefficient (Wildman–Crippen LogP) is 5.40. The Morgan fingerprint density at radius 2 is 1.46 bits per heavy atom. The monoisotopic (exact) mass is 397 g/mol. The number of nitrogens with zero attached hydrogens (tertiary/aromatic N) is 2. The highest BCUT2D eigenvalue weighted by atomic mass is 16.5. The quantitative estimate of drug-likeness (QED) is 0.216. The molecule has 1 heterocycles. The number of rotatable bonds is 19. The van der Waals surface area contributed by atoms with Gasteiger partial charge in [-0.1, -0.05) is 64.7 Å². The van der Waals surface area contributed by atoms with Crippen LogP contribution in [0.2, 0.25) is 0 Å². The van der Waals surface area contributed by atoms with Crippen LogP contribution in [-0.4, -0.2) is 68.3 Å². The summed E-state index contributed by atoms with van der Waals surface area (Å²) in [7, 11) is 2.32. The second-order valence-corrected chi connectivity index (χ2v) is 9.02. The summed E-state index contributed by atoms with van der Waals surface area (Å²) in [5.74, 6) is 0.350. The molecule has 0 spiro atoms. The Hall–Kier alpha value is -0.610. The Morgan fingerprint density at radius 3 is 2.04 bits per heavy atom. The highest BCUT2D eigenvalue weighted by molar-refractivity contribution is 5.77. The van der Waals surface area contributed by atoms with Gasteiger partial charge in [0.1, 0.15) is 0 Å². The van der Waals surface area contributed by atoms with E-state index in [1.54, 1.807) is 0 Å². The fraction of sp³-hybridized carbons (Fsp3) is 0.958. The predicted molar refractivity (Wildman–Crippen MR) is 120 cm³/mol. The number of carbonyl (C=O) groups is 1. The zero-order valence-corrected chi connectivity index (χ0v) is 19.4. The van der Waals surface area contributed by atoms with Crippen LogP contribution in [0.1, 0.15) is 97.3 Å². The van der Waals surface area contributed by atoms with Gasteiger partial charge in [0.2, 0.25) is 5.91 Å². The number of ether oxygens (including phenoxy) is 1. The van der Waals surface area contributed by atoms with E-state index >= 15 is 0 Å². The Bertz CT molecular complexity index is 389. The lowest BCUT2D eigenvalue weighted by molar-refractivity contribution is -0.907. The number of quaternary nitrogens is 1. The molecule has 0 aromatic rings. The summed E-state index contributed by atoms with van der Waals surface area (Å²) in [5.41, 5.74) is 0. The number of likely N-dealkylation sites (N-methyl/N-ethyl adjacent to an activating group) is 1. The molecule has 1 amide bonds. The van der Waals surface area contributed by atoms with Gasteiger partial charge in [0, 0.05) is 26.0 Å². The van der Waals surface area contributed by atoms with Gasteiger partial charge in [0.05, 0.1) is 39.8 Å².